The molecule has 6 heteroatoms. The summed E-state index contributed by atoms with van der Waals surface area (Å²) in [7, 11) is 1.82. The van der Waals surface area contributed by atoms with Crippen LogP contribution in [0.25, 0.3) is 0 Å². The highest BCUT2D eigenvalue weighted by atomic mass is 16.2. The van der Waals surface area contributed by atoms with Crippen LogP contribution in [0.1, 0.15) is 41.8 Å². The third kappa shape index (κ3) is 4.64. The molecule has 0 fully saturated rings. The minimum absolute atomic E-state index is 0.00369. The van der Waals surface area contributed by atoms with Crippen molar-refractivity contribution in [2.45, 2.75) is 33.4 Å². The van der Waals surface area contributed by atoms with Crippen LogP contribution < -0.4 is 5.32 Å². The van der Waals surface area contributed by atoms with Crippen LogP contribution in [0.2, 0.25) is 0 Å². The molecule has 27 heavy (non-hydrogen) atoms. The number of urea groups is 1. The van der Waals surface area contributed by atoms with E-state index in [9.17, 15) is 9.59 Å². The fourth-order valence-electron chi connectivity index (χ4n) is 3.04. The van der Waals surface area contributed by atoms with E-state index in [1.807, 2.05) is 13.1 Å². The number of anilines is 1. The van der Waals surface area contributed by atoms with Crippen LogP contribution in [0.5, 0.6) is 0 Å². The molecule has 0 bridgehead atoms. The Balaban J connectivity index is 1.56. The highest BCUT2D eigenvalue weighted by Gasteiger charge is 2.23. The first-order valence-corrected chi connectivity index (χ1v) is 9.27. The average Bonchev–Trinajstić information content (AvgIpc) is 3.10. The maximum atomic E-state index is 12.5. The lowest BCUT2D eigenvalue weighted by atomic mass is 10.1. The SMILES string of the molecule is CC(C)CCN(C)C(=O)c1ccc(NC(=O)N2Cc3ccncc3C2)cc1. The van der Waals surface area contributed by atoms with Gasteiger partial charge in [0.2, 0.25) is 0 Å². The molecule has 0 atom stereocenters. The van der Waals surface area contributed by atoms with Gasteiger partial charge in [0, 0.05) is 50.3 Å². The highest BCUT2D eigenvalue weighted by Crippen LogP contribution is 2.22. The van der Waals surface area contributed by atoms with Gasteiger partial charge in [-0.05, 0) is 53.8 Å². The standard InChI is InChI=1S/C21H26N4O2/c1-15(2)9-11-24(3)20(26)16-4-6-19(7-5-16)23-21(27)25-13-17-8-10-22-12-18(17)14-25/h4-8,10,12,15H,9,11,13-14H2,1-3H3,(H,23,27). The molecule has 0 aliphatic carbocycles. The van der Waals surface area contributed by atoms with Crippen LogP contribution in [-0.2, 0) is 13.1 Å². The van der Waals surface area contributed by atoms with Gasteiger partial charge in [-0.15, -0.1) is 0 Å². The van der Waals surface area contributed by atoms with Crippen molar-refractivity contribution in [2.75, 3.05) is 18.9 Å². The number of rotatable bonds is 5. The van der Waals surface area contributed by atoms with Crippen molar-refractivity contribution in [2.24, 2.45) is 5.92 Å². The van der Waals surface area contributed by atoms with Crippen molar-refractivity contribution in [3.05, 3.63) is 59.4 Å². The number of fused-ring (bicyclic) bond motifs is 1. The van der Waals surface area contributed by atoms with Gasteiger partial charge in [-0.3, -0.25) is 9.78 Å². The summed E-state index contributed by atoms with van der Waals surface area (Å²) in [5.41, 5.74) is 3.51. The molecule has 1 aliphatic rings. The number of hydrogen-bond donors (Lipinski definition) is 1. The van der Waals surface area contributed by atoms with Crippen LogP contribution in [0.3, 0.4) is 0 Å². The first-order valence-electron chi connectivity index (χ1n) is 9.27. The summed E-state index contributed by atoms with van der Waals surface area (Å²) < 4.78 is 0. The average molecular weight is 366 g/mol. The Kier molecular flexibility index (Phi) is 5.74. The van der Waals surface area contributed by atoms with Gasteiger partial charge < -0.3 is 15.1 Å². The Morgan fingerprint density at radius 2 is 1.85 bits per heavy atom. The fraction of sp³-hybridized carbons (Fsp3) is 0.381. The van der Waals surface area contributed by atoms with Crippen molar-refractivity contribution >= 4 is 17.6 Å². The second-order valence-corrected chi connectivity index (χ2v) is 7.42. The summed E-state index contributed by atoms with van der Waals surface area (Å²) >= 11 is 0. The quantitative estimate of drug-likeness (QED) is 0.876. The van der Waals surface area contributed by atoms with Gasteiger partial charge in [0.25, 0.3) is 5.91 Å². The Hall–Kier alpha value is -2.89. The lowest BCUT2D eigenvalue weighted by Gasteiger charge is -2.19. The topological polar surface area (TPSA) is 65.5 Å². The van der Waals surface area contributed by atoms with Crippen LogP contribution >= 0.6 is 0 Å². The molecule has 1 N–H and O–H groups in total. The maximum Gasteiger partial charge on any atom is 0.322 e. The number of pyridine rings is 1. The normalized spacial score (nSPS) is 12.8. The van der Waals surface area contributed by atoms with Gasteiger partial charge in [0.15, 0.2) is 0 Å². The van der Waals surface area contributed by atoms with Gasteiger partial charge >= 0.3 is 6.03 Å². The molecule has 1 aliphatic heterocycles. The molecular formula is C21H26N4O2. The Labute approximate surface area is 160 Å². The van der Waals surface area contributed by atoms with E-state index < -0.39 is 0 Å². The van der Waals surface area contributed by atoms with E-state index in [0.29, 0.717) is 30.3 Å². The lowest BCUT2D eigenvalue weighted by Crippen LogP contribution is -2.30. The molecule has 2 heterocycles. The summed E-state index contributed by atoms with van der Waals surface area (Å²) in [5, 5.41) is 2.90. The predicted molar refractivity (Wildman–Crippen MR) is 105 cm³/mol. The van der Waals surface area contributed by atoms with Gasteiger partial charge in [-0.1, -0.05) is 13.8 Å². The summed E-state index contributed by atoms with van der Waals surface area (Å²) in [4.78, 5) is 32.5. The molecule has 3 rings (SSSR count). The van der Waals surface area contributed by atoms with E-state index in [0.717, 1.165) is 24.1 Å². The van der Waals surface area contributed by atoms with Crippen LogP contribution in [0.4, 0.5) is 10.5 Å². The second-order valence-electron chi connectivity index (χ2n) is 7.42. The number of aromatic nitrogens is 1. The first kappa shape index (κ1) is 18.9. The molecular weight excluding hydrogens is 340 g/mol. The monoisotopic (exact) mass is 366 g/mol. The van der Waals surface area contributed by atoms with Crippen molar-refractivity contribution in [3.8, 4) is 0 Å². The molecule has 1 aromatic heterocycles. The van der Waals surface area contributed by atoms with E-state index in [1.54, 1.807) is 46.5 Å². The third-order valence-corrected chi connectivity index (χ3v) is 4.79. The number of nitrogens with zero attached hydrogens (tertiary/aromatic N) is 3. The van der Waals surface area contributed by atoms with Crippen LogP contribution in [0.15, 0.2) is 42.7 Å². The number of hydrogen-bond acceptors (Lipinski definition) is 3. The minimum atomic E-state index is -0.153. The maximum absolute atomic E-state index is 12.5. The molecule has 142 valence electrons. The van der Waals surface area contributed by atoms with Gasteiger partial charge in [-0.25, -0.2) is 4.79 Å². The fourth-order valence-corrected chi connectivity index (χ4v) is 3.04. The van der Waals surface area contributed by atoms with Gasteiger partial charge in [0.05, 0.1) is 0 Å². The highest BCUT2D eigenvalue weighted by molar-refractivity contribution is 5.95. The van der Waals surface area contributed by atoms with Gasteiger partial charge in [0.1, 0.15) is 0 Å². The number of nitrogens with one attached hydrogen (secondary N) is 1. The van der Waals surface area contributed by atoms with E-state index >= 15 is 0 Å². The zero-order chi connectivity index (χ0) is 19.4. The molecule has 0 unspecified atom stereocenters. The smallest absolute Gasteiger partial charge is 0.322 e. The van der Waals surface area contributed by atoms with E-state index in [-0.39, 0.29) is 11.9 Å². The van der Waals surface area contributed by atoms with Crippen LogP contribution in [0, 0.1) is 5.92 Å². The number of carbonyl (C=O) groups is 2. The van der Waals surface area contributed by atoms with Crippen LogP contribution in [-0.4, -0.2) is 40.3 Å². The Morgan fingerprint density at radius 1 is 1.15 bits per heavy atom. The molecule has 0 radical (unpaired) electrons. The van der Waals surface area contributed by atoms with E-state index in [2.05, 4.69) is 24.1 Å². The van der Waals surface area contributed by atoms with Gasteiger partial charge in [-0.2, -0.15) is 0 Å². The predicted octanol–water partition coefficient (Wildman–Crippen LogP) is 3.75. The minimum Gasteiger partial charge on any atom is -0.342 e. The zero-order valence-corrected chi connectivity index (χ0v) is 16.1. The molecule has 2 aromatic rings. The molecule has 0 saturated carbocycles. The molecule has 6 nitrogen and oxygen atoms in total. The van der Waals surface area contributed by atoms with Crippen molar-refractivity contribution in [1.29, 1.82) is 0 Å². The molecule has 0 spiro atoms. The number of benzene rings is 1. The van der Waals surface area contributed by atoms with Crippen molar-refractivity contribution in [1.82, 2.24) is 14.8 Å². The third-order valence-electron chi connectivity index (χ3n) is 4.79. The zero-order valence-electron chi connectivity index (χ0n) is 16.1. The lowest BCUT2D eigenvalue weighted by molar-refractivity contribution is 0.0789. The summed E-state index contributed by atoms with van der Waals surface area (Å²) in [6, 6.07) is 8.84. The molecule has 3 amide bonds. The Bertz CT molecular complexity index is 792. The first-order chi connectivity index (χ1) is 12.9. The molecule has 0 saturated heterocycles. The summed E-state index contributed by atoms with van der Waals surface area (Å²) in [5.74, 6) is 0.557. The van der Waals surface area contributed by atoms with Crippen molar-refractivity contribution in [3.63, 3.8) is 0 Å². The summed E-state index contributed by atoms with van der Waals surface area (Å²) in [6.07, 6.45) is 4.52. The number of carbonyl (C=O) groups excluding carboxylic acids is 2. The van der Waals surface area contributed by atoms with E-state index in [4.69, 9.17) is 0 Å². The second kappa shape index (κ2) is 8.20. The van der Waals surface area contributed by atoms with E-state index in [1.165, 1.54) is 0 Å². The Morgan fingerprint density at radius 3 is 2.52 bits per heavy atom. The van der Waals surface area contributed by atoms with Crippen molar-refractivity contribution < 1.29 is 9.59 Å². The largest absolute Gasteiger partial charge is 0.342 e. The molecule has 1 aromatic carbocycles. The number of amides is 3. The summed E-state index contributed by atoms with van der Waals surface area (Å²) in [6.45, 7) is 6.17.